The number of carbonyl (C=O) groups is 1. The molecular weight excluding hydrogens is 1300 g/mol. The molecule has 1 N–H and O–H groups in total. The number of fused-ring (bicyclic) bond motifs is 6. The number of pyridine rings is 1. The van der Waals surface area contributed by atoms with Crippen molar-refractivity contribution in [1.29, 1.82) is 0 Å². The van der Waals surface area contributed by atoms with Gasteiger partial charge < -0.3 is 10.1 Å². The van der Waals surface area contributed by atoms with Gasteiger partial charge in [-0.3, -0.25) is 9.36 Å². The maximum Gasteiger partial charge on any atom is 0.162 e. The van der Waals surface area contributed by atoms with E-state index in [9.17, 15) is 9.90 Å². The van der Waals surface area contributed by atoms with Crippen molar-refractivity contribution in [2.75, 3.05) is 0 Å². The number of carbonyl (C=O) groups excluding carboxylic acids is 1. The Kier molecular flexibility index (Phi) is 20.0. The van der Waals surface area contributed by atoms with Gasteiger partial charge in [0.25, 0.3) is 0 Å². The SMILES string of the molecule is CCC(CC)C(=O)C=C(O)C(CC)CC.Cc1[c-]c(-c2nccc3cc(C(C)C)ccc23)cc(C)c1.[Ir].c1ccc(-n2c(-c3ccc(-c4ccc5c(-c6ccc7ccccc7c6)c6ccccc6c(-c6ccc7ccccc7c6)c5c4)cc3)nc3ccccc32)cc1. The predicted molar refractivity (Wildman–Crippen MR) is 386 cm³/mol. The van der Waals surface area contributed by atoms with Gasteiger partial charge in [0.1, 0.15) is 5.82 Å². The van der Waals surface area contributed by atoms with Crippen LogP contribution < -0.4 is 0 Å². The molecule has 0 unspecified atom stereocenters. The maximum atomic E-state index is 11.7. The van der Waals surface area contributed by atoms with E-state index in [-0.39, 0.29) is 43.5 Å². The number of aliphatic hydroxyl groups is 1. The van der Waals surface area contributed by atoms with E-state index in [0.717, 1.165) is 76.2 Å². The molecule has 0 aliphatic rings. The summed E-state index contributed by atoms with van der Waals surface area (Å²) in [6, 6.07) is 91.3. The van der Waals surface area contributed by atoms with Gasteiger partial charge in [-0.25, -0.2) is 4.98 Å². The number of ketones is 1. The Bertz CT molecular complexity index is 4950. The fourth-order valence-electron chi connectivity index (χ4n) is 13.1. The topological polar surface area (TPSA) is 68.0 Å². The van der Waals surface area contributed by atoms with Gasteiger partial charge in [0, 0.05) is 55.5 Å². The van der Waals surface area contributed by atoms with Crippen molar-refractivity contribution in [1.82, 2.24) is 14.5 Å². The van der Waals surface area contributed by atoms with Crippen LogP contribution >= 0.6 is 0 Å². The summed E-state index contributed by atoms with van der Waals surface area (Å²) in [6.45, 7) is 16.7. The molecule has 0 aliphatic carbocycles. The molecule has 12 aromatic carbocycles. The van der Waals surface area contributed by atoms with Crippen LogP contribution in [0.1, 0.15) is 89.8 Å². The van der Waals surface area contributed by atoms with Crippen LogP contribution in [0.2, 0.25) is 0 Å². The monoisotopic (exact) mass is 1380 g/mol. The van der Waals surface area contributed by atoms with Gasteiger partial charge in [0.15, 0.2) is 5.78 Å². The van der Waals surface area contributed by atoms with Crippen LogP contribution in [0.5, 0.6) is 0 Å². The number of aliphatic hydroxyl groups excluding tert-OH is 1. The van der Waals surface area contributed by atoms with E-state index in [1.165, 1.54) is 98.9 Å². The molecular formula is C86H78IrN3O2-. The minimum Gasteiger partial charge on any atom is -0.512 e. The Morgan fingerprint density at radius 3 is 1.64 bits per heavy atom. The summed E-state index contributed by atoms with van der Waals surface area (Å²) in [5.74, 6) is 2.02. The van der Waals surface area contributed by atoms with Crippen LogP contribution in [-0.2, 0) is 24.9 Å². The van der Waals surface area contributed by atoms with Crippen LogP contribution in [-0.4, -0.2) is 25.4 Å². The third kappa shape index (κ3) is 13.4. The molecule has 92 heavy (non-hydrogen) atoms. The first-order valence-corrected chi connectivity index (χ1v) is 32.4. The molecule has 6 heteroatoms. The van der Waals surface area contributed by atoms with Crippen molar-refractivity contribution in [3.05, 3.63) is 283 Å². The summed E-state index contributed by atoms with van der Waals surface area (Å²) in [4.78, 5) is 21.4. The maximum absolute atomic E-state index is 11.7. The summed E-state index contributed by atoms with van der Waals surface area (Å²) in [7, 11) is 0. The van der Waals surface area contributed by atoms with E-state index in [1.807, 2.05) is 33.9 Å². The van der Waals surface area contributed by atoms with Gasteiger partial charge in [-0.15, -0.1) is 34.9 Å². The number of para-hydroxylation sites is 3. The molecule has 5 nitrogen and oxygen atoms in total. The number of benzene rings is 12. The van der Waals surface area contributed by atoms with Crippen molar-refractivity contribution in [3.8, 4) is 61.7 Å². The number of hydrogen-bond donors (Lipinski definition) is 1. The normalized spacial score (nSPS) is 11.6. The van der Waals surface area contributed by atoms with Crippen LogP contribution in [0.3, 0.4) is 0 Å². The summed E-state index contributed by atoms with van der Waals surface area (Å²) in [5.41, 5.74) is 17.4. The largest absolute Gasteiger partial charge is 0.512 e. The standard InChI is InChI=1S/C53H34N2.C20H20N.C13H24O2.Ir/c1-2-16-44(17-3-1)55-50-21-11-10-20-49(50)54-53(55)38-26-22-37(23-27-38)41-30-31-47-48(34-41)52(43-29-25-36-13-5-7-15-40(36)33-43)46-19-9-8-18-45(46)51(47)42-28-24-35-12-4-6-14-39(35)32-42;1-13(2)16-5-6-19-17(12-16)7-8-21-20(19)18-10-14(3)9-15(4)11-18;1-5-10(6-2)12(14)9-13(15)11(7-3)8-4;/h1-34H;5-10,12-13H,1-4H3;9-11,14H,5-8H2,1-4H3;/q;-1;;. The van der Waals surface area contributed by atoms with E-state index in [2.05, 4.69) is 286 Å². The molecule has 2 aromatic heterocycles. The van der Waals surface area contributed by atoms with Crippen LogP contribution in [0, 0.1) is 31.7 Å². The van der Waals surface area contributed by atoms with Crippen LogP contribution in [0.25, 0.3) is 127 Å². The molecule has 14 rings (SSSR count). The average Bonchev–Trinajstić information content (AvgIpc) is 0.904. The Balaban J connectivity index is 0.000000192. The Morgan fingerprint density at radius 2 is 1.02 bits per heavy atom. The minimum absolute atomic E-state index is 0. The van der Waals surface area contributed by atoms with Gasteiger partial charge in [-0.2, -0.15) is 0 Å². The number of rotatable bonds is 14. The molecule has 0 bridgehead atoms. The fraction of sp³-hybridized carbons (Fsp3) is 0.174. The third-order valence-corrected chi connectivity index (χ3v) is 18.1. The second kappa shape index (κ2) is 28.7. The van der Waals surface area contributed by atoms with Crippen LogP contribution in [0.15, 0.2) is 261 Å². The van der Waals surface area contributed by atoms with Crippen molar-refractivity contribution in [3.63, 3.8) is 0 Å². The summed E-state index contributed by atoms with van der Waals surface area (Å²) >= 11 is 0. The van der Waals surface area contributed by atoms with Crippen molar-refractivity contribution < 1.29 is 30.0 Å². The number of aryl methyl sites for hydroxylation is 2. The Morgan fingerprint density at radius 1 is 0.489 bits per heavy atom. The molecule has 0 saturated carbocycles. The molecule has 0 amide bonds. The first-order valence-electron chi connectivity index (χ1n) is 32.4. The molecule has 0 spiro atoms. The van der Waals surface area contributed by atoms with Crippen molar-refractivity contribution >= 4 is 70.7 Å². The van der Waals surface area contributed by atoms with Crippen molar-refractivity contribution in [2.45, 2.75) is 87.0 Å². The second-order valence-corrected chi connectivity index (χ2v) is 24.4. The van der Waals surface area contributed by atoms with Gasteiger partial charge in [0.05, 0.1) is 16.8 Å². The van der Waals surface area contributed by atoms with Gasteiger partial charge in [-0.1, -0.05) is 237 Å². The number of aromatic nitrogens is 3. The first kappa shape index (κ1) is 64.0. The molecule has 0 saturated heterocycles. The van der Waals surface area contributed by atoms with Gasteiger partial charge in [0.2, 0.25) is 0 Å². The number of imidazole rings is 1. The van der Waals surface area contributed by atoms with E-state index in [4.69, 9.17) is 4.98 Å². The summed E-state index contributed by atoms with van der Waals surface area (Å²) in [6.07, 6.45) is 6.80. The number of allylic oxidation sites excluding steroid dienone is 2. The van der Waals surface area contributed by atoms with Gasteiger partial charge >= 0.3 is 0 Å². The zero-order chi connectivity index (χ0) is 63.1. The summed E-state index contributed by atoms with van der Waals surface area (Å²) < 4.78 is 2.26. The predicted octanol–water partition coefficient (Wildman–Crippen LogP) is 23.6. The molecule has 14 aromatic rings. The Hall–Kier alpha value is -9.58. The smallest absolute Gasteiger partial charge is 0.162 e. The van der Waals surface area contributed by atoms with Crippen molar-refractivity contribution in [2.24, 2.45) is 11.8 Å². The molecule has 0 aliphatic heterocycles. The molecule has 1 radical (unpaired) electrons. The van der Waals surface area contributed by atoms with Gasteiger partial charge in [-0.05, 0) is 179 Å². The molecule has 2 heterocycles. The first-order chi connectivity index (χ1) is 44.4. The van der Waals surface area contributed by atoms with E-state index >= 15 is 0 Å². The molecule has 0 fully saturated rings. The molecule has 0 atom stereocenters. The van der Waals surface area contributed by atoms with E-state index in [0.29, 0.717) is 5.92 Å². The minimum atomic E-state index is 0. The number of hydrogen-bond acceptors (Lipinski definition) is 4. The Labute approximate surface area is 555 Å². The fourth-order valence-corrected chi connectivity index (χ4v) is 13.1. The number of nitrogens with zero attached hydrogens (tertiary/aromatic N) is 3. The van der Waals surface area contributed by atoms with E-state index < -0.39 is 0 Å². The average molecular weight is 1380 g/mol. The van der Waals surface area contributed by atoms with E-state index in [1.54, 1.807) is 0 Å². The zero-order valence-corrected chi connectivity index (χ0v) is 56.2. The third-order valence-electron chi connectivity index (χ3n) is 18.1. The second-order valence-electron chi connectivity index (χ2n) is 24.4. The molecule has 459 valence electrons. The van der Waals surface area contributed by atoms with Crippen LogP contribution in [0.4, 0.5) is 0 Å². The zero-order valence-electron chi connectivity index (χ0n) is 53.8. The quantitative estimate of drug-likeness (QED) is 0.0510. The summed E-state index contributed by atoms with van der Waals surface area (Å²) in [5, 5.41) is 22.2.